The number of hydrogen-bond donors (Lipinski definition) is 1. The van der Waals surface area contributed by atoms with Crippen LogP contribution in [-0.4, -0.2) is 21.6 Å². The van der Waals surface area contributed by atoms with Crippen molar-refractivity contribution in [2.75, 3.05) is 11.1 Å². The van der Waals surface area contributed by atoms with Crippen LogP contribution >= 0.6 is 39.0 Å². The number of carbonyl (C=O) groups excluding carboxylic acids is 1. The van der Waals surface area contributed by atoms with Gasteiger partial charge in [0.1, 0.15) is 0 Å². The van der Waals surface area contributed by atoms with Crippen molar-refractivity contribution >= 4 is 50.1 Å². The van der Waals surface area contributed by atoms with Gasteiger partial charge in [0.05, 0.1) is 11.4 Å². The molecule has 0 bridgehead atoms. The third-order valence-corrected chi connectivity index (χ3v) is 5.21. The highest BCUT2D eigenvalue weighted by Crippen LogP contribution is 2.25. The lowest BCUT2D eigenvalue weighted by Crippen LogP contribution is -2.13. The molecule has 0 aliphatic heterocycles. The Morgan fingerprint density at radius 1 is 1.17 bits per heavy atom. The Balaban J connectivity index is 1.56. The topological polar surface area (TPSA) is 54.9 Å². The van der Waals surface area contributed by atoms with Crippen molar-refractivity contribution in [3.63, 3.8) is 0 Å². The van der Waals surface area contributed by atoms with Crippen molar-refractivity contribution in [2.45, 2.75) is 4.90 Å². The average Bonchev–Trinajstić information content (AvgIpc) is 3.04. The van der Waals surface area contributed by atoms with Gasteiger partial charge in [0.15, 0.2) is 5.13 Å². The van der Waals surface area contributed by atoms with Crippen molar-refractivity contribution in [2.24, 2.45) is 0 Å². The van der Waals surface area contributed by atoms with E-state index in [2.05, 4.69) is 31.2 Å². The SMILES string of the molecule is O=C(CSc1ccc(Br)cc1)Nc1nc(-c2ccncc2)cs1. The highest BCUT2D eigenvalue weighted by atomic mass is 79.9. The minimum absolute atomic E-state index is 0.0615. The smallest absolute Gasteiger partial charge is 0.236 e. The number of anilines is 1. The van der Waals surface area contributed by atoms with E-state index in [1.807, 2.05) is 41.8 Å². The second kappa shape index (κ2) is 7.72. The molecule has 1 amide bonds. The molecule has 4 nitrogen and oxygen atoms in total. The van der Waals surface area contributed by atoms with Crippen LogP contribution in [-0.2, 0) is 4.79 Å². The van der Waals surface area contributed by atoms with E-state index in [4.69, 9.17) is 0 Å². The van der Waals surface area contributed by atoms with Crippen LogP contribution in [0.25, 0.3) is 11.3 Å². The molecule has 0 unspecified atom stereocenters. The minimum Gasteiger partial charge on any atom is -0.301 e. The number of rotatable bonds is 5. The van der Waals surface area contributed by atoms with E-state index in [0.717, 1.165) is 20.6 Å². The number of benzene rings is 1. The molecule has 2 heterocycles. The van der Waals surface area contributed by atoms with E-state index in [-0.39, 0.29) is 5.91 Å². The molecule has 0 aliphatic rings. The molecule has 0 radical (unpaired) electrons. The minimum atomic E-state index is -0.0615. The van der Waals surface area contributed by atoms with Crippen LogP contribution in [0.15, 0.2) is 63.5 Å². The average molecular weight is 406 g/mol. The van der Waals surface area contributed by atoms with Gasteiger partial charge in [-0.25, -0.2) is 4.98 Å². The summed E-state index contributed by atoms with van der Waals surface area (Å²) in [6, 6.07) is 11.7. The molecule has 116 valence electrons. The third kappa shape index (κ3) is 4.63. The Hall–Kier alpha value is -1.70. The van der Waals surface area contributed by atoms with E-state index >= 15 is 0 Å². The molecule has 1 aromatic carbocycles. The van der Waals surface area contributed by atoms with Gasteiger partial charge in [0, 0.05) is 32.7 Å². The molecule has 3 aromatic rings. The largest absolute Gasteiger partial charge is 0.301 e. The fourth-order valence-electron chi connectivity index (χ4n) is 1.82. The van der Waals surface area contributed by atoms with Gasteiger partial charge in [-0.1, -0.05) is 15.9 Å². The Labute approximate surface area is 150 Å². The van der Waals surface area contributed by atoms with Gasteiger partial charge in [-0.05, 0) is 36.4 Å². The number of hydrogen-bond acceptors (Lipinski definition) is 5. The Morgan fingerprint density at radius 2 is 1.91 bits per heavy atom. The van der Waals surface area contributed by atoms with Crippen LogP contribution in [0.1, 0.15) is 0 Å². The first-order chi connectivity index (χ1) is 11.2. The predicted octanol–water partition coefficient (Wildman–Crippen LogP) is 4.70. The van der Waals surface area contributed by atoms with Gasteiger partial charge in [0.25, 0.3) is 0 Å². The highest BCUT2D eigenvalue weighted by molar-refractivity contribution is 9.10. The number of halogens is 1. The molecule has 0 fully saturated rings. The molecule has 0 saturated heterocycles. The van der Waals surface area contributed by atoms with Gasteiger partial charge in [-0.2, -0.15) is 0 Å². The summed E-state index contributed by atoms with van der Waals surface area (Å²) in [4.78, 5) is 21.5. The molecule has 2 aromatic heterocycles. The molecule has 0 saturated carbocycles. The van der Waals surface area contributed by atoms with E-state index in [9.17, 15) is 4.79 Å². The van der Waals surface area contributed by atoms with Crippen molar-refractivity contribution in [1.29, 1.82) is 0 Å². The first-order valence-corrected chi connectivity index (χ1v) is 9.41. The lowest BCUT2D eigenvalue weighted by molar-refractivity contribution is -0.113. The number of aromatic nitrogens is 2. The van der Waals surface area contributed by atoms with Crippen LogP contribution in [0.3, 0.4) is 0 Å². The molecule has 0 aliphatic carbocycles. The first-order valence-electron chi connectivity index (χ1n) is 6.75. The molecule has 0 spiro atoms. The standard InChI is InChI=1S/C16H12BrN3OS2/c17-12-1-3-13(4-2-12)22-10-15(21)20-16-19-14(9-23-16)11-5-7-18-8-6-11/h1-9H,10H2,(H,19,20,21). The number of thioether (sulfide) groups is 1. The van der Waals surface area contributed by atoms with Crippen LogP contribution < -0.4 is 5.32 Å². The highest BCUT2D eigenvalue weighted by Gasteiger charge is 2.08. The van der Waals surface area contributed by atoms with Crippen LogP contribution in [0.5, 0.6) is 0 Å². The maximum absolute atomic E-state index is 12.0. The Kier molecular flexibility index (Phi) is 5.43. The second-order valence-corrected chi connectivity index (χ2v) is 7.39. The summed E-state index contributed by atoms with van der Waals surface area (Å²) >= 11 is 6.30. The quantitative estimate of drug-likeness (QED) is 0.625. The number of nitrogens with one attached hydrogen (secondary N) is 1. The lowest BCUT2D eigenvalue weighted by atomic mass is 10.2. The number of nitrogens with zero attached hydrogens (tertiary/aromatic N) is 2. The molecule has 7 heteroatoms. The number of carbonyl (C=O) groups is 1. The van der Waals surface area contributed by atoms with Crippen molar-refractivity contribution < 1.29 is 4.79 Å². The summed E-state index contributed by atoms with van der Waals surface area (Å²) in [6.45, 7) is 0. The molecule has 0 atom stereocenters. The third-order valence-electron chi connectivity index (χ3n) is 2.91. The fourth-order valence-corrected chi connectivity index (χ4v) is 3.52. The maximum Gasteiger partial charge on any atom is 0.236 e. The van der Waals surface area contributed by atoms with Gasteiger partial charge in [0.2, 0.25) is 5.91 Å². The van der Waals surface area contributed by atoms with Crippen molar-refractivity contribution in [3.8, 4) is 11.3 Å². The van der Waals surface area contributed by atoms with Gasteiger partial charge < -0.3 is 5.32 Å². The van der Waals surface area contributed by atoms with Gasteiger partial charge >= 0.3 is 0 Å². The Morgan fingerprint density at radius 3 is 2.65 bits per heavy atom. The predicted molar refractivity (Wildman–Crippen MR) is 98.8 cm³/mol. The maximum atomic E-state index is 12.0. The zero-order valence-corrected chi connectivity index (χ0v) is 15.1. The van der Waals surface area contributed by atoms with Gasteiger partial charge in [-0.3, -0.25) is 9.78 Å². The van der Waals surface area contributed by atoms with E-state index in [1.54, 1.807) is 12.4 Å². The van der Waals surface area contributed by atoms with Crippen LogP contribution in [0, 0.1) is 0 Å². The zero-order chi connectivity index (χ0) is 16.1. The fraction of sp³-hybridized carbons (Fsp3) is 0.0625. The summed E-state index contributed by atoms with van der Waals surface area (Å²) in [5.74, 6) is 0.291. The summed E-state index contributed by atoms with van der Waals surface area (Å²) in [6.07, 6.45) is 3.45. The molecule has 1 N–H and O–H groups in total. The number of amides is 1. The molecular weight excluding hydrogens is 394 g/mol. The van der Waals surface area contributed by atoms with Gasteiger partial charge in [-0.15, -0.1) is 23.1 Å². The summed E-state index contributed by atoms with van der Waals surface area (Å²) in [5.41, 5.74) is 1.83. The molecule has 3 rings (SSSR count). The van der Waals surface area contributed by atoms with Crippen LogP contribution in [0.4, 0.5) is 5.13 Å². The van der Waals surface area contributed by atoms with Crippen LogP contribution in [0.2, 0.25) is 0 Å². The normalized spacial score (nSPS) is 10.5. The summed E-state index contributed by atoms with van der Waals surface area (Å²) < 4.78 is 1.03. The van der Waals surface area contributed by atoms with E-state index in [0.29, 0.717) is 10.9 Å². The number of thiazole rings is 1. The summed E-state index contributed by atoms with van der Waals surface area (Å²) in [5, 5.41) is 5.37. The molecular formula is C16H12BrN3OS2. The van der Waals surface area contributed by atoms with Crippen molar-refractivity contribution in [3.05, 3.63) is 58.6 Å². The monoisotopic (exact) mass is 405 g/mol. The number of pyridine rings is 1. The zero-order valence-electron chi connectivity index (χ0n) is 11.9. The Bertz CT molecular complexity index is 791. The summed E-state index contributed by atoms with van der Waals surface area (Å²) in [7, 11) is 0. The first kappa shape index (κ1) is 16.2. The van der Waals surface area contributed by atoms with Crippen molar-refractivity contribution in [1.82, 2.24) is 9.97 Å². The lowest BCUT2D eigenvalue weighted by Gasteiger charge is -2.02. The van der Waals surface area contributed by atoms with E-state index < -0.39 is 0 Å². The second-order valence-electron chi connectivity index (χ2n) is 4.56. The molecule has 23 heavy (non-hydrogen) atoms. The van der Waals surface area contributed by atoms with E-state index in [1.165, 1.54) is 23.1 Å².